The molecular weight excluding hydrogens is 300 g/mol. The Labute approximate surface area is 117 Å². The standard InChI is InChI=1S/C14H18BrClO/c1-11-4-5-12(16)13(8-11)17-10-14(9-15)6-2-3-7-14/h4-5,8H,2-3,6-7,9-10H2,1H3. The minimum absolute atomic E-state index is 0.313. The lowest BCUT2D eigenvalue weighted by Crippen LogP contribution is -2.27. The van der Waals surface area contributed by atoms with Crippen LogP contribution in [0.3, 0.4) is 0 Å². The minimum atomic E-state index is 0.313. The van der Waals surface area contributed by atoms with E-state index in [2.05, 4.69) is 22.9 Å². The predicted octanol–water partition coefficient (Wildman–Crippen LogP) is 4.98. The second kappa shape index (κ2) is 5.62. The highest BCUT2D eigenvalue weighted by atomic mass is 79.9. The van der Waals surface area contributed by atoms with Gasteiger partial charge in [-0.2, -0.15) is 0 Å². The summed E-state index contributed by atoms with van der Waals surface area (Å²) in [5.74, 6) is 0.818. The summed E-state index contributed by atoms with van der Waals surface area (Å²) in [6.07, 6.45) is 5.14. The molecule has 0 aromatic heterocycles. The number of aryl methyl sites for hydroxylation is 1. The molecule has 0 bridgehead atoms. The van der Waals surface area contributed by atoms with E-state index in [9.17, 15) is 0 Å². The molecular formula is C14H18BrClO. The molecule has 0 aliphatic heterocycles. The van der Waals surface area contributed by atoms with Crippen LogP contribution in [0.1, 0.15) is 31.2 Å². The van der Waals surface area contributed by atoms with Crippen LogP contribution in [-0.2, 0) is 0 Å². The zero-order chi connectivity index (χ0) is 12.3. The quantitative estimate of drug-likeness (QED) is 0.711. The van der Waals surface area contributed by atoms with Gasteiger partial charge in [0.25, 0.3) is 0 Å². The van der Waals surface area contributed by atoms with Gasteiger partial charge < -0.3 is 4.74 Å². The van der Waals surface area contributed by atoms with E-state index in [0.29, 0.717) is 10.4 Å². The van der Waals surface area contributed by atoms with Crippen molar-refractivity contribution in [3.8, 4) is 5.75 Å². The zero-order valence-electron chi connectivity index (χ0n) is 10.1. The topological polar surface area (TPSA) is 9.23 Å². The van der Waals surface area contributed by atoms with E-state index in [4.69, 9.17) is 16.3 Å². The summed E-state index contributed by atoms with van der Waals surface area (Å²) in [5.41, 5.74) is 1.50. The highest BCUT2D eigenvalue weighted by Gasteiger charge is 2.33. The van der Waals surface area contributed by atoms with Crippen LogP contribution in [0.25, 0.3) is 0 Å². The molecule has 0 heterocycles. The number of rotatable bonds is 4. The lowest BCUT2D eigenvalue weighted by atomic mass is 9.90. The molecule has 1 saturated carbocycles. The van der Waals surface area contributed by atoms with Gasteiger partial charge in [-0.25, -0.2) is 0 Å². The van der Waals surface area contributed by atoms with Crippen LogP contribution >= 0.6 is 27.5 Å². The van der Waals surface area contributed by atoms with Gasteiger partial charge in [0.1, 0.15) is 5.75 Å². The lowest BCUT2D eigenvalue weighted by Gasteiger charge is -2.26. The van der Waals surface area contributed by atoms with Crippen molar-refractivity contribution in [2.24, 2.45) is 5.41 Å². The van der Waals surface area contributed by atoms with Crippen molar-refractivity contribution >= 4 is 27.5 Å². The van der Waals surface area contributed by atoms with Gasteiger partial charge in [0, 0.05) is 10.7 Å². The first kappa shape index (κ1) is 13.2. The Morgan fingerprint density at radius 3 is 2.71 bits per heavy atom. The maximum atomic E-state index is 6.13. The highest BCUT2D eigenvalue weighted by Crippen LogP contribution is 2.40. The summed E-state index contributed by atoms with van der Waals surface area (Å²) in [5, 5.41) is 1.72. The molecule has 0 radical (unpaired) electrons. The molecule has 1 aromatic rings. The van der Waals surface area contributed by atoms with Crippen LogP contribution in [0.4, 0.5) is 0 Å². The molecule has 0 unspecified atom stereocenters. The Morgan fingerprint density at radius 1 is 1.35 bits per heavy atom. The molecule has 0 spiro atoms. The van der Waals surface area contributed by atoms with E-state index >= 15 is 0 Å². The number of alkyl halides is 1. The summed E-state index contributed by atoms with van der Waals surface area (Å²) in [7, 11) is 0. The highest BCUT2D eigenvalue weighted by molar-refractivity contribution is 9.09. The number of hydrogen-bond donors (Lipinski definition) is 0. The van der Waals surface area contributed by atoms with E-state index < -0.39 is 0 Å². The largest absolute Gasteiger partial charge is 0.491 e. The Hall–Kier alpha value is -0.210. The van der Waals surface area contributed by atoms with Gasteiger partial charge in [0.15, 0.2) is 0 Å². The molecule has 1 aromatic carbocycles. The maximum Gasteiger partial charge on any atom is 0.138 e. The van der Waals surface area contributed by atoms with Crippen molar-refractivity contribution < 1.29 is 4.74 Å². The third kappa shape index (κ3) is 3.17. The molecule has 0 saturated heterocycles. The molecule has 1 nitrogen and oxygen atoms in total. The number of ether oxygens (including phenoxy) is 1. The van der Waals surface area contributed by atoms with Crippen molar-refractivity contribution in [2.45, 2.75) is 32.6 Å². The fourth-order valence-electron chi connectivity index (χ4n) is 2.39. The number of hydrogen-bond acceptors (Lipinski definition) is 1. The summed E-state index contributed by atoms with van der Waals surface area (Å²) in [6, 6.07) is 5.92. The third-order valence-corrected chi connectivity index (χ3v) is 5.07. The van der Waals surface area contributed by atoms with Gasteiger partial charge in [-0.15, -0.1) is 0 Å². The Bertz CT molecular complexity index is 386. The summed E-state index contributed by atoms with van der Waals surface area (Å²) in [4.78, 5) is 0. The number of benzene rings is 1. The third-order valence-electron chi connectivity index (χ3n) is 3.57. The average Bonchev–Trinajstić information content (AvgIpc) is 2.80. The summed E-state index contributed by atoms with van der Waals surface area (Å²) in [6.45, 7) is 2.82. The van der Waals surface area contributed by atoms with Gasteiger partial charge in [-0.1, -0.05) is 46.4 Å². The van der Waals surface area contributed by atoms with Crippen LogP contribution in [0.15, 0.2) is 18.2 Å². The lowest BCUT2D eigenvalue weighted by molar-refractivity contribution is 0.174. The predicted molar refractivity (Wildman–Crippen MR) is 76.4 cm³/mol. The molecule has 0 amide bonds. The van der Waals surface area contributed by atoms with Crippen molar-refractivity contribution in [2.75, 3.05) is 11.9 Å². The van der Waals surface area contributed by atoms with E-state index in [0.717, 1.165) is 17.7 Å². The van der Waals surface area contributed by atoms with Crippen molar-refractivity contribution in [3.05, 3.63) is 28.8 Å². The number of halogens is 2. The van der Waals surface area contributed by atoms with Gasteiger partial charge in [-0.3, -0.25) is 0 Å². The Kier molecular flexibility index (Phi) is 4.37. The molecule has 94 valence electrons. The maximum absolute atomic E-state index is 6.13. The molecule has 0 N–H and O–H groups in total. The molecule has 1 aliphatic carbocycles. The molecule has 1 fully saturated rings. The van der Waals surface area contributed by atoms with E-state index in [1.54, 1.807) is 0 Å². The minimum Gasteiger partial charge on any atom is -0.491 e. The van der Waals surface area contributed by atoms with Crippen LogP contribution in [0, 0.1) is 12.3 Å². The van der Waals surface area contributed by atoms with Crippen molar-refractivity contribution in [1.29, 1.82) is 0 Å². The van der Waals surface area contributed by atoms with Crippen molar-refractivity contribution in [3.63, 3.8) is 0 Å². The Balaban J connectivity index is 2.03. The van der Waals surface area contributed by atoms with E-state index in [1.807, 2.05) is 18.2 Å². The smallest absolute Gasteiger partial charge is 0.138 e. The SMILES string of the molecule is Cc1ccc(Cl)c(OCC2(CBr)CCCC2)c1. The summed E-state index contributed by atoms with van der Waals surface area (Å²) >= 11 is 9.76. The molecule has 17 heavy (non-hydrogen) atoms. The van der Waals surface area contributed by atoms with Crippen LogP contribution < -0.4 is 4.74 Å². The van der Waals surface area contributed by atoms with Gasteiger partial charge in [0.05, 0.1) is 11.6 Å². The van der Waals surface area contributed by atoms with Gasteiger partial charge in [-0.05, 0) is 37.5 Å². The first-order valence-electron chi connectivity index (χ1n) is 6.10. The van der Waals surface area contributed by atoms with E-state index in [-0.39, 0.29) is 0 Å². The normalized spacial score (nSPS) is 18.3. The van der Waals surface area contributed by atoms with Crippen LogP contribution in [0.5, 0.6) is 5.75 Å². The molecule has 1 aliphatic rings. The van der Waals surface area contributed by atoms with Crippen LogP contribution in [-0.4, -0.2) is 11.9 Å². The van der Waals surface area contributed by atoms with Gasteiger partial charge >= 0.3 is 0 Å². The summed E-state index contributed by atoms with van der Waals surface area (Å²) < 4.78 is 5.93. The first-order chi connectivity index (χ1) is 8.15. The zero-order valence-corrected chi connectivity index (χ0v) is 12.5. The van der Waals surface area contributed by atoms with Crippen molar-refractivity contribution in [1.82, 2.24) is 0 Å². The van der Waals surface area contributed by atoms with Gasteiger partial charge in [0.2, 0.25) is 0 Å². The molecule has 2 rings (SSSR count). The molecule has 0 atom stereocenters. The molecule has 3 heteroatoms. The second-order valence-corrected chi connectivity index (χ2v) is 6.03. The monoisotopic (exact) mass is 316 g/mol. The first-order valence-corrected chi connectivity index (χ1v) is 7.60. The second-order valence-electron chi connectivity index (χ2n) is 5.06. The fourth-order valence-corrected chi connectivity index (χ4v) is 3.29. The van der Waals surface area contributed by atoms with E-state index in [1.165, 1.54) is 31.2 Å². The van der Waals surface area contributed by atoms with Crippen LogP contribution in [0.2, 0.25) is 5.02 Å². The average molecular weight is 318 g/mol. The fraction of sp³-hybridized carbons (Fsp3) is 0.571. The Morgan fingerprint density at radius 2 is 2.06 bits per heavy atom.